The molecule has 0 aliphatic heterocycles. The molecule has 0 radical (unpaired) electrons. The van der Waals surface area contributed by atoms with Crippen LogP contribution in [0.3, 0.4) is 0 Å². The van der Waals surface area contributed by atoms with E-state index in [-0.39, 0.29) is 12.5 Å². The largest absolute Gasteiger partial charge is 0.493 e. The molecule has 0 fully saturated rings. The third-order valence-electron chi connectivity index (χ3n) is 2.97. The highest BCUT2D eigenvalue weighted by Crippen LogP contribution is 2.39. The molecular formula is C15H24N2O5. The first-order valence-electron chi connectivity index (χ1n) is 6.95. The number of carbonyl (C=O) groups excluding carboxylic acids is 1. The number of ether oxygens (including phenoxy) is 4. The van der Waals surface area contributed by atoms with Crippen LogP contribution in [0.25, 0.3) is 0 Å². The SMILES string of the molecule is COCCCNC(=O)CNc1cc(OC)c(OC)c(OC)c1. The van der Waals surface area contributed by atoms with Gasteiger partial charge < -0.3 is 29.6 Å². The van der Waals surface area contributed by atoms with Gasteiger partial charge in [-0.2, -0.15) is 0 Å². The summed E-state index contributed by atoms with van der Waals surface area (Å²) in [5.41, 5.74) is 0.710. The van der Waals surface area contributed by atoms with E-state index in [0.717, 1.165) is 6.42 Å². The molecule has 1 rings (SSSR count). The molecule has 0 saturated heterocycles. The molecule has 22 heavy (non-hydrogen) atoms. The number of benzene rings is 1. The Bertz CT molecular complexity index is 454. The van der Waals surface area contributed by atoms with E-state index < -0.39 is 0 Å². The summed E-state index contributed by atoms with van der Waals surface area (Å²) in [5, 5.41) is 5.83. The zero-order valence-electron chi connectivity index (χ0n) is 13.5. The number of hydrogen-bond acceptors (Lipinski definition) is 6. The quantitative estimate of drug-likeness (QED) is 0.634. The molecular weight excluding hydrogens is 288 g/mol. The average molecular weight is 312 g/mol. The van der Waals surface area contributed by atoms with Crippen molar-refractivity contribution in [3.63, 3.8) is 0 Å². The predicted octanol–water partition coefficient (Wildman–Crippen LogP) is 1.28. The van der Waals surface area contributed by atoms with Crippen LogP contribution in [0.5, 0.6) is 17.2 Å². The average Bonchev–Trinajstić information content (AvgIpc) is 2.55. The van der Waals surface area contributed by atoms with E-state index >= 15 is 0 Å². The third kappa shape index (κ3) is 5.33. The van der Waals surface area contributed by atoms with Crippen molar-refractivity contribution in [2.45, 2.75) is 6.42 Å². The van der Waals surface area contributed by atoms with Crippen molar-refractivity contribution in [2.75, 3.05) is 53.5 Å². The van der Waals surface area contributed by atoms with Crippen molar-refractivity contribution < 1.29 is 23.7 Å². The second-order valence-electron chi connectivity index (χ2n) is 4.46. The molecule has 1 amide bonds. The monoisotopic (exact) mass is 312 g/mol. The van der Waals surface area contributed by atoms with Gasteiger partial charge in [0.2, 0.25) is 11.7 Å². The molecule has 124 valence electrons. The summed E-state index contributed by atoms with van der Waals surface area (Å²) in [6.45, 7) is 1.37. The Morgan fingerprint density at radius 3 is 2.18 bits per heavy atom. The van der Waals surface area contributed by atoms with Crippen molar-refractivity contribution in [2.24, 2.45) is 0 Å². The van der Waals surface area contributed by atoms with Crippen LogP contribution < -0.4 is 24.8 Å². The van der Waals surface area contributed by atoms with Crippen LogP contribution in [-0.2, 0) is 9.53 Å². The zero-order valence-corrected chi connectivity index (χ0v) is 13.5. The number of methoxy groups -OCH3 is 4. The van der Waals surface area contributed by atoms with Crippen molar-refractivity contribution in [1.29, 1.82) is 0 Å². The highest BCUT2D eigenvalue weighted by molar-refractivity contribution is 5.81. The maximum Gasteiger partial charge on any atom is 0.239 e. The maximum atomic E-state index is 11.7. The standard InChI is InChI=1S/C15H24N2O5/c1-19-7-5-6-16-14(18)10-17-11-8-12(20-2)15(22-4)13(9-11)21-3/h8-9,17H,5-7,10H2,1-4H3,(H,16,18). The van der Waals surface area contributed by atoms with Crippen LogP contribution in [0.1, 0.15) is 6.42 Å². The molecule has 0 aromatic heterocycles. The minimum Gasteiger partial charge on any atom is -0.493 e. The lowest BCUT2D eigenvalue weighted by molar-refractivity contribution is -0.119. The fourth-order valence-electron chi connectivity index (χ4n) is 1.87. The van der Waals surface area contributed by atoms with Crippen LogP contribution in [-0.4, -0.2) is 54.0 Å². The molecule has 0 aliphatic carbocycles. The molecule has 0 heterocycles. The van der Waals surface area contributed by atoms with E-state index in [1.165, 1.54) is 0 Å². The summed E-state index contributed by atoms with van der Waals surface area (Å²) in [4.78, 5) is 11.7. The predicted molar refractivity (Wildman–Crippen MR) is 84.1 cm³/mol. The van der Waals surface area contributed by atoms with E-state index in [1.54, 1.807) is 40.6 Å². The zero-order chi connectivity index (χ0) is 16.4. The summed E-state index contributed by atoms with van der Waals surface area (Å²) in [5.74, 6) is 1.49. The topological polar surface area (TPSA) is 78.1 Å². The van der Waals surface area contributed by atoms with Crippen molar-refractivity contribution >= 4 is 11.6 Å². The molecule has 0 saturated carbocycles. The fourth-order valence-corrected chi connectivity index (χ4v) is 1.87. The van der Waals surface area contributed by atoms with E-state index in [0.29, 0.717) is 36.1 Å². The van der Waals surface area contributed by atoms with Crippen LogP contribution in [0, 0.1) is 0 Å². The van der Waals surface area contributed by atoms with Crippen LogP contribution in [0.2, 0.25) is 0 Å². The van der Waals surface area contributed by atoms with Gasteiger partial charge in [0, 0.05) is 38.1 Å². The molecule has 1 aromatic rings. The number of amides is 1. The Hall–Kier alpha value is -2.15. The van der Waals surface area contributed by atoms with Crippen LogP contribution in [0.4, 0.5) is 5.69 Å². The Morgan fingerprint density at radius 1 is 1.05 bits per heavy atom. The van der Waals surface area contributed by atoms with E-state index in [9.17, 15) is 4.79 Å². The number of anilines is 1. The first-order valence-corrected chi connectivity index (χ1v) is 6.95. The van der Waals surface area contributed by atoms with Gasteiger partial charge >= 0.3 is 0 Å². The van der Waals surface area contributed by atoms with Crippen LogP contribution >= 0.6 is 0 Å². The molecule has 0 unspecified atom stereocenters. The van der Waals surface area contributed by atoms with Crippen molar-refractivity contribution in [3.05, 3.63) is 12.1 Å². The fraction of sp³-hybridized carbons (Fsp3) is 0.533. The lowest BCUT2D eigenvalue weighted by atomic mass is 10.2. The molecule has 7 nitrogen and oxygen atoms in total. The second-order valence-corrected chi connectivity index (χ2v) is 4.46. The van der Waals surface area contributed by atoms with Crippen molar-refractivity contribution in [3.8, 4) is 17.2 Å². The van der Waals surface area contributed by atoms with Gasteiger partial charge in [-0.15, -0.1) is 0 Å². The maximum absolute atomic E-state index is 11.7. The lowest BCUT2D eigenvalue weighted by Gasteiger charge is -2.15. The highest BCUT2D eigenvalue weighted by atomic mass is 16.5. The van der Waals surface area contributed by atoms with E-state index in [1.807, 2.05) is 0 Å². The molecule has 7 heteroatoms. The van der Waals surface area contributed by atoms with E-state index in [2.05, 4.69) is 10.6 Å². The van der Waals surface area contributed by atoms with Gasteiger partial charge in [0.15, 0.2) is 11.5 Å². The summed E-state index contributed by atoms with van der Waals surface area (Å²) >= 11 is 0. The molecule has 2 N–H and O–H groups in total. The molecule has 0 atom stereocenters. The summed E-state index contributed by atoms with van der Waals surface area (Å²) in [6, 6.07) is 3.50. The summed E-state index contributed by atoms with van der Waals surface area (Å²) in [7, 11) is 6.27. The van der Waals surface area contributed by atoms with Crippen LogP contribution in [0.15, 0.2) is 12.1 Å². The minimum atomic E-state index is -0.0927. The third-order valence-corrected chi connectivity index (χ3v) is 2.97. The van der Waals surface area contributed by atoms with Gasteiger partial charge in [-0.25, -0.2) is 0 Å². The summed E-state index contributed by atoms with van der Waals surface area (Å²) in [6.07, 6.45) is 0.784. The first-order chi connectivity index (χ1) is 10.7. The minimum absolute atomic E-state index is 0.0927. The van der Waals surface area contributed by atoms with Crippen molar-refractivity contribution in [1.82, 2.24) is 5.32 Å². The second kappa shape index (κ2) is 9.73. The Morgan fingerprint density at radius 2 is 1.68 bits per heavy atom. The normalized spacial score (nSPS) is 10.0. The molecule has 0 spiro atoms. The number of carbonyl (C=O) groups is 1. The molecule has 0 aliphatic rings. The summed E-state index contributed by atoms with van der Waals surface area (Å²) < 4.78 is 20.7. The Labute approximate surface area is 130 Å². The molecule has 0 bridgehead atoms. The van der Waals surface area contributed by atoms with Gasteiger partial charge in [0.1, 0.15) is 0 Å². The lowest BCUT2D eigenvalue weighted by Crippen LogP contribution is -2.31. The number of nitrogens with one attached hydrogen (secondary N) is 2. The number of hydrogen-bond donors (Lipinski definition) is 2. The Balaban J connectivity index is 2.60. The smallest absolute Gasteiger partial charge is 0.239 e. The van der Waals surface area contributed by atoms with Gasteiger partial charge in [-0.1, -0.05) is 0 Å². The van der Waals surface area contributed by atoms with Gasteiger partial charge in [0.05, 0.1) is 27.9 Å². The Kier molecular flexibility index (Phi) is 7.91. The number of rotatable bonds is 10. The van der Waals surface area contributed by atoms with E-state index in [4.69, 9.17) is 18.9 Å². The highest BCUT2D eigenvalue weighted by Gasteiger charge is 2.13. The van der Waals surface area contributed by atoms with Gasteiger partial charge in [-0.05, 0) is 6.42 Å². The first kappa shape index (κ1) is 17.9. The molecule has 1 aromatic carbocycles. The van der Waals surface area contributed by atoms with Gasteiger partial charge in [-0.3, -0.25) is 4.79 Å². The van der Waals surface area contributed by atoms with Gasteiger partial charge in [0.25, 0.3) is 0 Å².